The lowest BCUT2D eigenvalue weighted by Crippen LogP contribution is -2.51. The zero-order valence-electron chi connectivity index (χ0n) is 29.5. The summed E-state index contributed by atoms with van der Waals surface area (Å²) >= 11 is 0. The fourth-order valence-electron chi connectivity index (χ4n) is 9.20. The number of aromatic nitrogens is 3. The highest BCUT2D eigenvalue weighted by Gasteiger charge is 2.81. The van der Waals surface area contributed by atoms with Gasteiger partial charge in [0.05, 0.1) is 19.3 Å². The number of anilines is 1. The number of fused-ring (bicyclic) bond motifs is 4. The second-order valence-electron chi connectivity index (χ2n) is 15.9. The lowest BCUT2D eigenvalue weighted by Gasteiger charge is -2.36. The zero-order valence-corrected chi connectivity index (χ0v) is 29.5. The Balaban J connectivity index is 1.07. The van der Waals surface area contributed by atoms with E-state index in [0.717, 1.165) is 25.7 Å². The third-order valence-electron chi connectivity index (χ3n) is 12.5. The van der Waals surface area contributed by atoms with E-state index in [9.17, 15) is 27.1 Å². The monoisotopic (exact) mass is 752 g/mol. The predicted octanol–water partition coefficient (Wildman–Crippen LogP) is 6.67. The largest absolute Gasteiger partial charge is 0.508 e. The summed E-state index contributed by atoms with van der Waals surface area (Å²) in [6.45, 7) is 2.64. The Kier molecular flexibility index (Phi) is 7.96. The first-order chi connectivity index (χ1) is 25.8. The van der Waals surface area contributed by atoms with E-state index < -0.39 is 35.3 Å². The third kappa shape index (κ3) is 5.58. The number of pyridine rings is 1. The number of alkyl halides is 4. The highest BCUT2D eigenvalue weighted by Crippen LogP contribution is 2.71. The molecule has 0 radical (unpaired) electrons. The van der Waals surface area contributed by atoms with Crippen LogP contribution in [0.1, 0.15) is 50.5 Å². The van der Waals surface area contributed by atoms with Crippen LogP contribution in [-0.4, -0.2) is 95.3 Å². The molecule has 2 bridgehead atoms. The van der Waals surface area contributed by atoms with E-state index in [4.69, 9.17) is 20.9 Å². The van der Waals surface area contributed by atoms with Gasteiger partial charge in [-0.2, -0.15) is 23.1 Å². The summed E-state index contributed by atoms with van der Waals surface area (Å²) in [6.07, 6.45) is 4.24. The lowest BCUT2D eigenvalue weighted by molar-refractivity contribution is -0.207. The number of hydrogen-bond donors (Lipinski definition) is 2. The van der Waals surface area contributed by atoms with Crippen LogP contribution in [0.25, 0.3) is 32.9 Å². The minimum atomic E-state index is -4.86. The average molecular weight is 753 g/mol. The van der Waals surface area contributed by atoms with Crippen LogP contribution in [0, 0.1) is 34.8 Å². The molecule has 2 saturated carbocycles. The van der Waals surface area contributed by atoms with Gasteiger partial charge in [0.1, 0.15) is 34.0 Å². The van der Waals surface area contributed by atoms with Gasteiger partial charge in [0, 0.05) is 59.9 Å². The topological polar surface area (TPSA) is 95.9 Å². The SMILES string of the molecule is C#Cc1c(F)ccc2cc(O)cc(-c3nc(OC)c4c(N5CC6CCC(C5)N6)nc(OCC5(CN6CCC7(CC6)CC7(F)C(F)(F)F)CC5)nc4c3F)c12. The molecular weight excluding hydrogens is 714 g/mol. The van der Waals surface area contributed by atoms with Gasteiger partial charge in [-0.25, -0.2) is 18.2 Å². The van der Waals surface area contributed by atoms with E-state index in [1.54, 1.807) is 0 Å². The van der Waals surface area contributed by atoms with Gasteiger partial charge in [0.15, 0.2) is 5.82 Å². The van der Waals surface area contributed by atoms with Crippen LogP contribution in [0.2, 0.25) is 0 Å². The van der Waals surface area contributed by atoms with Gasteiger partial charge in [-0.05, 0) is 75.2 Å². The Morgan fingerprint density at radius 1 is 1.02 bits per heavy atom. The number of likely N-dealkylation sites (tertiary alicyclic amines) is 1. The second-order valence-corrected chi connectivity index (χ2v) is 15.9. The molecule has 5 aliphatic rings. The fraction of sp³-hybridized carbons (Fsp3) is 0.513. The summed E-state index contributed by atoms with van der Waals surface area (Å²) in [5.41, 5.74) is -5.22. The summed E-state index contributed by atoms with van der Waals surface area (Å²) in [4.78, 5) is 18.1. The maximum absolute atomic E-state index is 17.1. The van der Waals surface area contributed by atoms with Crippen LogP contribution in [0.5, 0.6) is 17.6 Å². The number of halogens is 6. The lowest BCUT2D eigenvalue weighted by atomic mass is 9.89. The molecule has 2 aromatic carbocycles. The van der Waals surface area contributed by atoms with Crippen molar-refractivity contribution in [2.45, 2.75) is 68.9 Å². The van der Waals surface area contributed by atoms with E-state index >= 15 is 4.39 Å². The molecule has 15 heteroatoms. The average Bonchev–Trinajstić information content (AvgIpc) is 4.01. The number of rotatable bonds is 8. The van der Waals surface area contributed by atoms with Crippen molar-refractivity contribution < 1.29 is 40.9 Å². The van der Waals surface area contributed by atoms with Crippen molar-refractivity contribution in [3.63, 3.8) is 0 Å². The molecule has 2 aromatic heterocycles. The van der Waals surface area contributed by atoms with Crippen molar-refractivity contribution in [2.24, 2.45) is 10.8 Å². The Hall–Kier alpha value is -4.55. The Morgan fingerprint density at radius 3 is 2.37 bits per heavy atom. The van der Waals surface area contributed by atoms with Gasteiger partial charge in [-0.1, -0.05) is 12.0 Å². The number of piperidine rings is 1. The number of phenolic OH excluding ortho intramolecular Hbond substituents is 1. The number of hydrogen-bond acceptors (Lipinski definition) is 9. The van der Waals surface area contributed by atoms with Crippen molar-refractivity contribution in [3.8, 4) is 41.2 Å². The summed E-state index contributed by atoms with van der Waals surface area (Å²) in [7, 11) is 1.39. The molecular formula is C39H38F6N6O3. The zero-order chi connectivity index (χ0) is 37.8. The van der Waals surface area contributed by atoms with Crippen LogP contribution in [0.4, 0.5) is 32.2 Å². The molecule has 3 saturated heterocycles. The number of piperazine rings is 1. The summed E-state index contributed by atoms with van der Waals surface area (Å²) in [5.74, 6) is 0.973. The summed E-state index contributed by atoms with van der Waals surface area (Å²) < 4.78 is 99.1. The van der Waals surface area contributed by atoms with Crippen molar-refractivity contribution >= 4 is 27.5 Å². The maximum Gasteiger partial charge on any atom is 0.423 e. The summed E-state index contributed by atoms with van der Waals surface area (Å²) in [6, 6.07) is 5.61. The molecule has 2 N–H and O–H groups in total. The standard InChI is InChI=1S/C39H38F6N6O3/c1-3-25-27(40)7-4-21-14-24(52)15-26(28(21)25)31-30(41)32-29(34(47-31)53-2)33(51-16-22-5-6-23(17-51)46-22)49-35(48-32)54-20-36(8-9-36)19-50-12-10-37(11-13-50)18-38(37,42)39(43,44)45/h1,4,7,14-15,22-23,46,52H,5-6,8-13,16-20H2,2H3. The van der Waals surface area contributed by atoms with E-state index in [1.165, 1.54) is 31.4 Å². The van der Waals surface area contributed by atoms with Crippen LogP contribution in [0.15, 0.2) is 24.3 Å². The highest BCUT2D eigenvalue weighted by molar-refractivity contribution is 6.04. The molecule has 0 amide bonds. The molecule has 9 rings (SSSR count). The van der Waals surface area contributed by atoms with Gasteiger partial charge >= 0.3 is 12.2 Å². The van der Waals surface area contributed by atoms with Crippen LogP contribution in [0.3, 0.4) is 0 Å². The van der Waals surface area contributed by atoms with Gasteiger partial charge in [0.25, 0.3) is 0 Å². The molecule has 3 aliphatic heterocycles. The molecule has 284 valence electrons. The Bertz CT molecular complexity index is 2220. The number of terminal acetylenes is 1. The van der Waals surface area contributed by atoms with Crippen molar-refractivity contribution in [1.29, 1.82) is 0 Å². The van der Waals surface area contributed by atoms with Crippen molar-refractivity contribution in [2.75, 3.05) is 51.3 Å². The molecule has 54 heavy (non-hydrogen) atoms. The number of nitrogens with zero attached hydrogens (tertiary/aromatic N) is 5. The molecule has 4 aromatic rings. The van der Waals surface area contributed by atoms with E-state index in [1.807, 2.05) is 0 Å². The first-order valence-electron chi connectivity index (χ1n) is 18.3. The van der Waals surface area contributed by atoms with Crippen molar-refractivity contribution in [1.82, 2.24) is 25.2 Å². The molecule has 2 aliphatic carbocycles. The summed E-state index contributed by atoms with van der Waals surface area (Å²) in [5, 5.41) is 15.0. The number of benzene rings is 2. The molecule has 5 fully saturated rings. The van der Waals surface area contributed by atoms with E-state index in [2.05, 4.69) is 31.0 Å². The molecule has 1 spiro atoms. The highest BCUT2D eigenvalue weighted by atomic mass is 19.4. The number of aromatic hydroxyl groups is 1. The molecule has 9 nitrogen and oxygen atoms in total. The first-order valence-corrected chi connectivity index (χ1v) is 18.3. The van der Waals surface area contributed by atoms with Gasteiger partial charge in [0.2, 0.25) is 11.5 Å². The first kappa shape index (κ1) is 35.2. The van der Waals surface area contributed by atoms with Crippen molar-refractivity contribution in [3.05, 3.63) is 41.5 Å². The van der Waals surface area contributed by atoms with Crippen LogP contribution < -0.4 is 19.7 Å². The second kappa shape index (κ2) is 12.2. The smallest absolute Gasteiger partial charge is 0.423 e. The number of phenols is 1. The van der Waals surface area contributed by atoms with Gasteiger partial charge in [-0.15, -0.1) is 6.42 Å². The van der Waals surface area contributed by atoms with Gasteiger partial charge < -0.3 is 29.7 Å². The normalized spacial score (nSPS) is 25.6. The maximum atomic E-state index is 17.1. The molecule has 3 unspecified atom stereocenters. The predicted molar refractivity (Wildman–Crippen MR) is 188 cm³/mol. The minimum Gasteiger partial charge on any atom is -0.508 e. The van der Waals surface area contributed by atoms with E-state index in [0.29, 0.717) is 43.9 Å². The van der Waals surface area contributed by atoms with E-state index in [-0.39, 0.29) is 87.7 Å². The number of nitrogens with one attached hydrogen (secondary N) is 1. The molecule has 3 atom stereocenters. The Labute approximate surface area is 307 Å². The third-order valence-corrected chi connectivity index (χ3v) is 12.5. The van der Waals surface area contributed by atoms with Gasteiger partial charge in [-0.3, -0.25) is 0 Å². The quantitative estimate of drug-likeness (QED) is 0.151. The Morgan fingerprint density at radius 2 is 1.74 bits per heavy atom. The fourth-order valence-corrected chi connectivity index (χ4v) is 9.20. The molecule has 5 heterocycles. The minimum absolute atomic E-state index is 0.0176. The number of ether oxygens (including phenoxy) is 2. The van der Waals surface area contributed by atoms with Crippen LogP contribution >= 0.6 is 0 Å². The number of methoxy groups -OCH3 is 1. The van der Waals surface area contributed by atoms with Crippen LogP contribution in [-0.2, 0) is 0 Å².